The summed E-state index contributed by atoms with van der Waals surface area (Å²) in [5.74, 6) is -9.59. The molecule has 17 heteroatoms. The van der Waals surface area contributed by atoms with E-state index in [1.54, 1.807) is 19.0 Å². The van der Waals surface area contributed by atoms with Gasteiger partial charge in [0.25, 0.3) is 5.91 Å². The molecule has 0 radical (unpaired) electrons. The van der Waals surface area contributed by atoms with Crippen LogP contribution in [0.2, 0.25) is 0 Å². The summed E-state index contributed by atoms with van der Waals surface area (Å²) >= 11 is 0. The number of nitrogens with two attached hydrogens (primary N) is 1. The normalized spacial score (nSPS) is 23.6. The van der Waals surface area contributed by atoms with Crippen LogP contribution in [0.15, 0.2) is 41.2 Å². The van der Waals surface area contributed by atoms with Crippen molar-refractivity contribution in [1.82, 2.24) is 4.90 Å². The number of benzene rings is 2. The highest BCUT2D eigenvalue weighted by Crippen LogP contribution is 2.54. The molecule has 3 amide bonds. The number of aliphatic hydroxyl groups excluding tert-OH is 1. The van der Waals surface area contributed by atoms with E-state index in [2.05, 4.69) is 10.6 Å². The number of aromatic hydroxyl groups is 1. The average molecular weight is 656 g/mol. The highest BCUT2D eigenvalue weighted by atomic mass is 19.1. The monoisotopic (exact) mass is 655 g/mol. The molecular formula is C30H32FN6O10-. The van der Waals surface area contributed by atoms with Crippen molar-refractivity contribution in [3.8, 4) is 5.75 Å². The Labute approximate surface area is 266 Å². The maximum absolute atomic E-state index is 14.1. The lowest BCUT2D eigenvalue weighted by Gasteiger charge is -2.51. The molecule has 16 nitrogen and oxygen atoms in total. The third-order valence-electron chi connectivity index (χ3n) is 8.83. The first kappa shape index (κ1) is 33.1. The predicted octanol–water partition coefficient (Wildman–Crippen LogP) is 0.200. The van der Waals surface area contributed by atoms with E-state index < -0.39 is 92.1 Å². The van der Waals surface area contributed by atoms with Crippen molar-refractivity contribution in [2.24, 2.45) is 17.6 Å². The van der Waals surface area contributed by atoms with Crippen LogP contribution in [0.25, 0.3) is 5.76 Å². The first-order chi connectivity index (χ1) is 21.9. The number of nitrogens with zero attached hydrogens (tertiary/aromatic N) is 3. The second-order valence-electron chi connectivity index (χ2n) is 12.0. The first-order valence-electron chi connectivity index (χ1n) is 14.2. The number of anilines is 4. The SMILES string of the molecule is CN(C)c1cc(NC(=O)Nc2ccc(F)c(N(O)O)c2)c(O)c2c1C[C@@H]1C[C@@H]3[C@@H](N(C)C)C(=O)C(C(N)=O)=C(O)[C@]3(O)C(=O)C1=C2[O-]. The molecule has 47 heavy (non-hydrogen) atoms. The van der Waals surface area contributed by atoms with E-state index in [1.807, 2.05) is 0 Å². The van der Waals surface area contributed by atoms with E-state index in [9.17, 15) is 54.4 Å². The summed E-state index contributed by atoms with van der Waals surface area (Å²) in [6.45, 7) is 0. The van der Waals surface area contributed by atoms with Crippen molar-refractivity contribution >= 4 is 52.0 Å². The topological polar surface area (TPSA) is 252 Å². The molecule has 1 saturated carbocycles. The van der Waals surface area contributed by atoms with Gasteiger partial charge in [-0.3, -0.25) is 29.7 Å². The average Bonchev–Trinajstić information content (AvgIpc) is 2.96. The van der Waals surface area contributed by atoms with Gasteiger partial charge < -0.3 is 41.7 Å². The van der Waals surface area contributed by atoms with Gasteiger partial charge >= 0.3 is 6.03 Å². The number of phenolic OH excluding ortho intramolecular Hbond substituents is 1. The molecule has 0 saturated heterocycles. The number of Topliss-reactive ketones (excluding diaryl/α,β-unsaturated/α-hetero) is 2. The Balaban J connectivity index is 1.60. The largest absolute Gasteiger partial charge is 0.872 e. The summed E-state index contributed by atoms with van der Waals surface area (Å²) in [4.78, 5) is 55.4. The van der Waals surface area contributed by atoms with Crippen LogP contribution in [-0.4, -0.2) is 94.0 Å². The van der Waals surface area contributed by atoms with Gasteiger partial charge in [-0.15, -0.1) is 5.23 Å². The number of aliphatic hydroxyl groups is 2. The Hall–Kier alpha value is -5.23. The van der Waals surface area contributed by atoms with Gasteiger partial charge in [0.15, 0.2) is 23.0 Å². The van der Waals surface area contributed by atoms with E-state index in [4.69, 9.17) is 5.73 Å². The summed E-state index contributed by atoms with van der Waals surface area (Å²) in [7, 11) is 6.25. The molecule has 0 unspecified atom stereocenters. The number of amides is 3. The molecule has 3 aliphatic rings. The molecule has 0 heterocycles. The molecule has 2 aromatic carbocycles. The van der Waals surface area contributed by atoms with Crippen LogP contribution in [0.3, 0.4) is 0 Å². The van der Waals surface area contributed by atoms with Gasteiger partial charge in [0.2, 0.25) is 0 Å². The van der Waals surface area contributed by atoms with Crippen LogP contribution in [0.1, 0.15) is 17.5 Å². The van der Waals surface area contributed by atoms with Gasteiger partial charge in [-0.1, -0.05) is 5.76 Å². The van der Waals surface area contributed by atoms with Crippen LogP contribution < -0.4 is 31.6 Å². The van der Waals surface area contributed by atoms with Gasteiger partial charge in [-0.25, -0.2) is 9.18 Å². The van der Waals surface area contributed by atoms with Crippen LogP contribution in [0, 0.1) is 17.7 Å². The number of phenols is 1. The van der Waals surface area contributed by atoms with E-state index in [1.165, 1.54) is 25.1 Å². The molecule has 250 valence electrons. The lowest BCUT2D eigenvalue weighted by molar-refractivity contribution is -0.246. The molecule has 0 aromatic heterocycles. The lowest BCUT2D eigenvalue weighted by atomic mass is 9.57. The molecule has 0 spiro atoms. The van der Waals surface area contributed by atoms with Gasteiger partial charge in [-0.05, 0) is 68.3 Å². The maximum atomic E-state index is 14.1. The third kappa shape index (κ3) is 5.09. The molecule has 0 aliphatic heterocycles. The molecule has 5 rings (SSSR count). The first-order valence-corrected chi connectivity index (χ1v) is 14.2. The Morgan fingerprint density at radius 1 is 1.06 bits per heavy atom. The van der Waals surface area contributed by atoms with Crippen molar-refractivity contribution in [1.29, 1.82) is 0 Å². The summed E-state index contributed by atoms with van der Waals surface area (Å²) in [6.07, 6.45) is -0.150. The molecule has 2 aromatic rings. The minimum absolute atomic E-state index is 0.0130. The summed E-state index contributed by atoms with van der Waals surface area (Å²) in [5, 5.41) is 70.8. The molecule has 3 aliphatic carbocycles. The van der Waals surface area contributed by atoms with E-state index in [0.717, 1.165) is 18.2 Å². The lowest BCUT2D eigenvalue weighted by Crippen LogP contribution is -2.65. The number of primary amides is 1. The van der Waals surface area contributed by atoms with Crippen LogP contribution in [0.4, 0.5) is 31.9 Å². The van der Waals surface area contributed by atoms with Crippen molar-refractivity contribution in [3.63, 3.8) is 0 Å². The second-order valence-corrected chi connectivity index (χ2v) is 12.0. The number of ketones is 2. The minimum Gasteiger partial charge on any atom is -0.872 e. The fraction of sp³-hybridized carbons (Fsp3) is 0.333. The van der Waals surface area contributed by atoms with Gasteiger partial charge in [-0.2, -0.15) is 0 Å². The number of halogens is 1. The number of likely N-dealkylation sites (N-methyl/N-ethyl adjacent to an activating group) is 1. The standard InChI is InChI=1S/C30H33FN6O10/c1-35(2)17-10-16(34-29(44)33-12-5-6-15(31)18(9-12)37(46)47)23(38)20-13(17)7-11-8-14-22(36(3)4)25(40)21(28(32)43)27(42)30(14,45)26(41)19(11)24(20)39/h5-6,9-11,14,22,38-39,42,45-47H,7-8H2,1-4H3,(H2,32,43)(H2,33,34,44)/p-1/t11-,14-,22-,30-/m1/s1. The molecule has 0 bridgehead atoms. The Morgan fingerprint density at radius 2 is 1.72 bits per heavy atom. The zero-order valence-corrected chi connectivity index (χ0v) is 25.5. The molecule has 1 fully saturated rings. The zero-order chi connectivity index (χ0) is 34.9. The van der Waals surface area contributed by atoms with Crippen LogP contribution in [0.5, 0.6) is 5.75 Å². The van der Waals surface area contributed by atoms with Crippen molar-refractivity contribution in [2.75, 3.05) is 49.0 Å². The minimum atomic E-state index is -2.85. The zero-order valence-electron chi connectivity index (χ0n) is 25.5. The predicted molar refractivity (Wildman–Crippen MR) is 161 cm³/mol. The number of nitrogens with one attached hydrogen (secondary N) is 2. The fourth-order valence-electron chi connectivity index (χ4n) is 6.79. The quantitative estimate of drug-likeness (QED) is 0.118. The van der Waals surface area contributed by atoms with E-state index >= 15 is 0 Å². The number of hydrogen-bond acceptors (Lipinski definition) is 13. The number of rotatable bonds is 6. The van der Waals surface area contributed by atoms with Crippen LogP contribution in [-0.2, 0) is 20.8 Å². The highest BCUT2D eigenvalue weighted by Gasteiger charge is 2.63. The number of fused-ring (bicyclic) bond motifs is 3. The van der Waals surface area contributed by atoms with Crippen molar-refractivity contribution < 1.29 is 54.4 Å². The van der Waals surface area contributed by atoms with E-state index in [0.29, 0.717) is 11.3 Å². The van der Waals surface area contributed by atoms with Crippen molar-refractivity contribution in [3.05, 3.63) is 58.1 Å². The Bertz CT molecular complexity index is 1810. The summed E-state index contributed by atoms with van der Waals surface area (Å²) in [5.41, 5.74) is 0.366. The van der Waals surface area contributed by atoms with Crippen LogP contribution >= 0.6 is 0 Å². The number of urea groups is 1. The number of hydrogen-bond donors (Lipinski definition) is 8. The summed E-state index contributed by atoms with van der Waals surface area (Å²) < 4.78 is 13.8. The Morgan fingerprint density at radius 3 is 2.30 bits per heavy atom. The second kappa shape index (κ2) is 11.5. The molecule has 9 N–H and O–H groups in total. The number of carbonyl (C=O) groups is 4. The Kier molecular flexibility index (Phi) is 8.13. The van der Waals surface area contributed by atoms with E-state index in [-0.39, 0.29) is 29.8 Å². The maximum Gasteiger partial charge on any atom is 0.323 e. The molecule has 4 atom stereocenters. The molecular weight excluding hydrogens is 623 g/mol. The van der Waals surface area contributed by atoms with Gasteiger partial charge in [0.1, 0.15) is 22.8 Å². The third-order valence-corrected chi connectivity index (χ3v) is 8.83. The smallest absolute Gasteiger partial charge is 0.323 e. The summed E-state index contributed by atoms with van der Waals surface area (Å²) in [6, 6.07) is 2.04. The highest BCUT2D eigenvalue weighted by molar-refractivity contribution is 6.24. The fourth-order valence-corrected chi connectivity index (χ4v) is 6.79. The number of carbonyl (C=O) groups excluding carboxylic acids is 4. The van der Waals surface area contributed by atoms with Gasteiger partial charge in [0, 0.05) is 37.0 Å². The van der Waals surface area contributed by atoms with Crippen molar-refractivity contribution in [2.45, 2.75) is 24.5 Å². The van der Waals surface area contributed by atoms with Gasteiger partial charge in [0.05, 0.1) is 11.7 Å².